The monoisotopic (exact) mass is 488 g/mol. The summed E-state index contributed by atoms with van der Waals surface area (Å²) in [4.78, 5) is 17.0. The minimum absolute atomic E-state index is 0. The van der Waals surface area contributed by atoms with Crippen LogP contribution in [0.25, 0.3) is 0 Å². The van der Waals surface area contributed by atoms with Gasteiger partial charge in [-0.25, -0.2) is 0 Å². The van der Waals surface area contributed by atoms with Gasteiger partial charge in [-0.05, 0) is 42.8 Å². The van der Waals surface area contributed by atoms with Gasteiger partial charge < -0.3 is 16.0 Å². The minimum atomic E-state index is -0.223. The van der Waals surface area contributed by atoms with Crippen LogP contribution in [-0.2, 0) is 11.3 Å². The lowest BCUT2D eigenvalue weighted by molar-refractivity contribution is -0.121. The Labute approximate surface area is 155 Å². The second kappa shape index (κ2) is 9.62. The van der Waals surface area contributed by atoms with Crippen LogP contribution in [0.15, 0.2) is 20.9 Å². The van der Waals surface area contributed by atoms with Gasteiger partial charge in [0.05, 0.1) is 13.1 Å². The maximum absolute atomic E-state index is 11.7. The third kappa shape index (κ3) is 9.30. The average Bonchev–Trinajstić information content (AvgIpc) is 2.73. The van der Waals surface area contributed by atoms with Gasteiger partial charge in [-0.15, -0.1) is 35.3 Å². The van der Waals surface area contributed by atoms with Gasteiger partial charge in [0.1, 0.15) is 0 Å². The van der Waals surface area contributed by atoms with Crippen molar-refractivity contribution in [1.29, 1.82) is 0 Å². The molecule has 0 aliphatic rings. The number of carbonyl (C=O) groups is 1. The molecule has 0 spiro atoms. The summed E-state index contributed by atoms with van der Waals surface area (Å²) in [6.45, 7) is 6.73. The van der Waals surface area contributed by atoms with Crippen LogP contribution in [0.3, 0.4) is 0 Å². The first-order valence-corrected chi connectivity index (χ1v) is 7.96. The highest BCUT2D eigenvalue weighted by Crippen LogP contribution is 2.19. The van der Waals surface area contributed by atoms with Gasteiger partial charge in [0.15, 0.2) is 5.96 Å². The average molecular weight is 489 g/mol. The number of nitrogens with one attached hydrogen (secondary N) is 3. The Kier molecular flexibility index (Phi) is 9.46. The van der Waals surface area contributed by atoms with E-state index in [2.05, 4.69) is 42.9 Å². The van der Waals surface area contributed by atoms with E-state index >= 15 is 0 Å². The van der Waals surface area contributed by atoms with Crippen molar-refractivity contribution in [2.75, 3.05) is 13.6 Å². The van der Waals surface area contributed by atoms with Crippen LogP contribution in [0.1, 0.15) is 25.6 Å². The molecule has 3 N–H and O–H groups in total. The second-order valence-electron chi connectivity index (χ2n) is 5.31. The fourth-order valence-corrected chi connectivity index (χ4v) is 2.86. The van der Waals surface area contributed by atoms with Crippen LogP contribution >= 0.6 is 51.2 Å². The van der Waals surface area contributed by atoms with E-state index in [0.29, 0.717) is 12.5 Å². The van der Waals surface area contributed by atoms with E-state index in [9.17, 15) is 4.79 Å². The molecule has 0 saturated carbocycles. The van der Waals surface area contributed by atoms with Crippen molar-refractivity contribution in [2.45, 2.75) is 32.9 Å². The molecule has 0 unspecified atom stereocenters. The number of carbonyl (C=O) groups excluding carboxylic acids is 1. The summed E-state index contributed by atoms with van der Waals surface area (Å²) >= 11 is 5.08. The summed E-state index contributed by atoms with van der Waals surface area (Å²) < 4.78 is 1.08. The number of thiophene rings is 1. The van der Waals surface area contributed by atoms with E-state index in [1.807, 2.05) is 26.2 Å². The molecule has 1 aromatic rings. The third-order valence-electron chi connectivity index (χ3n) is 2.21. The Morgan fingerprint density at radius 1 is 1.38 bits per heavy atom. The molecule has 120 valence electrons. The first kappa shape index (κ1) is 20.6. The first-order chi connectivity index (χ1) is 9.30. The summed E-state index contributed by atoms with van der Waals surface area (Å²) in [6, 6.07) is 2.05. The second-order valence-corrected chi connectivity index (χ2v) is 7.22. The molecule has 8 heteroatoms. The van der Waals surface area contributed by atoms with Gasteiger partial charge in [0.25, 0.3) is 0 Å². The zero-order valence-electron chi connectivity index (χ0n) is 12.6. The molecule has 0 aromatic carbocycles. The number of guanidine groups is 1. The van der Waals surface area contributed by atoms with Crippen LogP contribution in [0, 0.1) is 0 Å². The van der Waals surface area contributed by atoms with Gasteiger partial charge in [0, 0.05) is 27.3 Å². The van der Waals surface area contributed by atoms with Crippen molar-refractivity contribution in [3.05, 3.63) is 20.8 Å². The van der Waals surface area contributed by atoms with Crippen molar-refractivity contribution < 1.29 is 4.79 Å². The number of halogens is 2. The summed E-state index contributed by atoms with van der Waals surface area (Å²) in [5, 5.41) is 11.1. The number of hydrogen-bond donors (Lipinski definition) is 3. The highest BCUT2D eigenvalue weighted by molar-refractivity contribution is 14.0. The molecule has 0 radical (unpaired) electrons. The van der Waals surface area contributed by atoms with Crippen LogP contribution < -0.4 is 16.0 Å². The van der Waals surface area contributed by atoms with Gasteiger partial charge in [-0.2, -0.15) is 0 Å². The number of hydrogen-bond acceptors (Lipinski definition) is 3. The van der Waals surface area contributed by atoms with E-state index in [4.69, 9.17) is 0 Å². The lowest BCUT2D eigenvalue weighted by Gasteiger charge is -2.21. The molecule has 1 heterocycles. The molecule has 1 rings (SSSR count). The highest BCUT2D eigenvalue weighted by Gasteiger charge is 2.13. The summed E-state index contributed by atoms with van der Waals surface area (Å²) in [6.07, 6.45) is 0. The largest absolute Gasteiger partial charge is 0.352 e. The molecule has 0 atom stereocenters. The van der Waals surface area contributed by atoms with Crippen molar-refractivity contribution in [2.24, 2.45) is 4.99 Å². The molecular formula is C13H22BrIN4OS. The smallest absolute Gasteiger partial charge is 0.239 e. The molecular weight excluding hydrogens is 467 g/mol. The molecule has 0 bridgehead atoms. The minimum Gasteiger partial charge on any atom is -0.352 e. The van der Waals surface area contributed by atoms with Gasteiger partial charge in [-0.3, -0.25) is 9.79 Å². The number of nitrogens with zero attached hydrogens (tertiary/aromatic N) is 1. The topological polar surface area (TPSA) is 65.5 Å². The van der Waals surface area contributed by atoms with E-state index in [1.165, 1.54) is 4.88 Å². The predicted octanol–water partition coefficient (Wildman–Crippen LogP) is 2.71. The van der Waals surface area contributed by atoms with Gasteiger partial charge in [0.2, 0.25) is 5.91 Å². The van der Waals surface area contributed by atoms with Crippen molar-refractivity contribution in [3.8, 4) is 0 Å². The zero-order chi connectivity index (χ0) is 15.2. The highest BCUT2D eigenvalue weighted by atomic mass is 127. The molecule has 0 aliphatic heterocycles. The van der Waals surface area contributed by atoms with Crippen molar-refractivity contribution in [1.82, 2.24) is 16.0 Å². The third-order valence-corrected chi connectivity index (χ3v) is 3.90. The normalized spacial score (nSPS) is 11.6. The lowest BCUT2D eigenvalue weighted by atomic mass is 10.1. The van der Waals surface area contributed by atoms with E-state index in [0.717, 1.165) is 4.47 Å². The fraction of sp³-hybridized carbons (Fsp3) is 0.538. The SMILES string of the molecule is CN=C(NCC(=O)NC(C)(C)C)NCc1cc(Br)cs1.I. The first-order valence-electron chi connectivity index (χ1n) is 6.28. The fourth-order valence-electron chi connectivity index (χ4n) is 1.46. The molecule has 0 aliphatic carbocycles. The Morgan fingerprint density at radius 2 is 2.05 bits per heavy atom. The van der Waals surface area contributed by atoms with Gasteiger partial charge in [-0.1, -0.05) is 0 Å². The molecule has 0 saturated heterocycles. The van der Waals surface area contributed by atoms with E-state index in [-0.39, 0.29) is 42.0 Å². The van der Waals surface area contributed by atoms with Crippen LogP contribution in [-0.4, -0.2) is 31.0 Å². The quantitative estimate of drug-likeness (QED) is 0.347. The van der Waals surface area contributed by atoms with E-state index < -0.39 is 0 Å². The molecule has 1 amide bonds. The standard InChI is InChI=1S/C13H21BrN4OS.HI/c1-13(2,3)18-11(19)7-17-12(15-4)16-6-10-5-9(14)8-20-10;/h5,8H,6-7H2,1-4H3,(H,18,19)(H2,15,16,17);1H. The van der Waals surface area contributed by atoms with Crippen LogP contribution in [0.2, 0.25) is 0 Å². The Morgan fingerprint density at radius 3 is 2.52 bits per heavy atom. The van der Waals surface area contributed by atoms with Gasteiger partial charge >= 0.3 is 0 Å². The summed E-state index contributed by atoms with van der Waals surface area (Å²) in [5.74, 6) is 0.554. The number of rotatable bonds is 4. The van der Waals surface area contributed by atoms with E-state index in [1.54, 1.807) is 18.4 Å². The molecule has 21 heavy (non-hydrogen) atoms. The Bertz CT molecular complexity index is 485. The molecule has 5 nitrogen and oxygen atoms in total. The van der Waals surface area contributed by atoms with Crippen LogP contribution in [0.4, 0.5) is 0 Å². The lowest BCUT2D eigenvalue weighted by Crippen LogP contribution is -2.48. The zero-order valence-corrected chi connectivity index (χ0v) is 17.4. The summed E-state index contributed by atoms with van der Waals surface area (Å²) in [5.41, 5.74) is -0.223. The maximum Gasteiger partial charge on any atom is 0.239 e. The molecule has 0 fully saturated rings. The number of amides is 1. The van der Waals surface area contributed by atoms with Crippen LogP contribution in [0.5, 0.6) is 0 Å². The van der Waals surface area contributed by atoms with Crippen molar-refractivity contribution in [3.63, 3.8) is 0 Å². The summed E-state index contributed by atoms with van der Waals surface area (Å²) in [7, 11) is 1.68. The maximum atomic E-state index is 11.7. The predicted molar refractivity (Wildman–Crippen MR) is 104 cm³/mol. The molecule has 1 aromatic heterocycles. The van der Waals surface area contributed by atoms with Crippen molar-refractivity contribution >= 4 is 63.1 Å². The number of aliphatic imine (C=N–C) groups is 1. The Hall–Kier alpha value is -0.350. The Balaban J connectivity index is 0.00000400.